The fourth-order valence-electron chi connectivity index (χ4n) is 1.29. The number of halogens is 2. The number of allylic oxidation sites excluding steroid dienone is 1. The molecule has 0 aliphatic heterocycles. The molecular weight excluding hydrogens is 348 g/mol. The molecule has 2 aromatic rings. The normalized spacial score (nSPS) is 10.9. The Bertz CT molecular complexity index is 553. The summed E-state index contributed by atoms with van der Waals surface area (Å²) in [5.41, 5.74) is 0.648. The van der Waals surface area contributed by atoms with E-state index in [-0.39, 0.29) is 5.78 Å². The molecule has 1 heterocycles. The molecule has 0 fully saturated rings. The average Bonchev–Trinajstić information content (AvgIpc) is 2.73. The third-order valence-corrected chi connectivity index (χ3v) is 3.08. The Morgan fingerprint density at radius 1 is 1.06 bits per heavy atom. The van der Waals surface area contributed by atoms with Gasteiger partial charge in [-0.25, -0.2) is 0 Å². The number of rotatable bonds is 3. The molecule has 4 heteroatoms. The molecule has 2 rings (SSSR count). The summed E-state index contributed by atoms with van der Waals surface area (Å²) >= 11 is 6.52. The summed E-state index contributed by atoms with van der Waals surface area (Å²) in [5.74, 6) is 0.590. The minimum atomic E-state index is -0.0509. The van der Waals surface area contributed by atoms with E-state index in [4.69, 9.17) is 4.42 Å². The van der Waals surface area contributed by atoms with E-state index in [1.165, 1.54) is 6.08 Å². The van der Waals surface area contributed by atoms with Crippen molar-refractivity contribution < 1.29 is 9.21 Å². The van der Waals surface area contributed by atoms with E-state index >= 15 is 0 Å². The predicted molar refractivity (Wildman–Crippen MR) is 73.9 cm³/mol. The van der Waals surface area contributed by atoms with E-state index in [9.17, 15) is 4.79 Å². The van der Waals surface area contributed by atoms with Crippen molar-refractivity contribution >= 4 is 43.7 Å². The summed E-state index contributed by atoms with van der Waals surface area (Å²) in [7, 11) is 0. The monoisotopic (exact) mass is 354 g/mol. The maximum absolute atomic E-state index is 11.8. The summed E-state index contributed by atoms with van der Waals surface area (Å²) in [6.07, 6.45) is 3.14. The first kappa shape index (κ1) is 12.3. The molecule has 0 N–H and O–H groups in total. The lowest BCUT2D eigenvalue weighted by Crippen LogP contribution is -1.92. The number of carbonyl (C=O) groups excluding carboxylic acids is 1. The van der Waals surface area contributed by atoms with Crippen molar-refractivity contribution in [3.8, 4) is 0 Å². The largest absolute Gasteiger partial charge is 0.450 e. The summed E-state index contributed by atoms with van der Waals surface area (Å²) in [5, 5.41) is 0. The van der Waals surface area contributed by atoms with Crippen LogP contribution in [0.4, 0.5) is 0 Å². The van der Waals surface area contributed by atoms with Gasteiger partial charge >= 0.3 is 0 Å². The van der Waals surface area contributed by atoms with E-state index in [0.29, 0.717) is 16.0 Å². The highest BCUT2D eigenvalue weighted by Gasteiger charge is 2.01. The molecule has 1 aromatic carbocycles. The van der Waals surface area contributed by atoms with Gasteiger partial charge in [0.25, 0.3) is 0 Å². The molecule has 2 nitrogen and oxygen atoms in total. The van der Waals surface area contributed by atoms with Crippen LogP contribution in [0, 0.1) is 0 Å². The van der Waals surface area contributed by atoms with E-state index in [1.807, 2.05) is 12.1 Å². The number of benzene rings is 1. The van der Waals surface area contributed by atoms with Crippen LogP contribution >= 0.6 is 31.9 Å². The first-order chi connectivity index (χ1) is 8.15. The van der Waals surface area contributed by atoms with Gasteiger partial charge in [0, 0.05) is 10.0 Å². The average molecular weight is 356 g/mol. The van der Waals surface area contributed by atoms with Crippen LogP contribution in [0.5, 0.6) is 0 Å². The standard InChI is InChI=1S/C13H8Br2O2/c14-10-3-1-9(2-4-10)12(16)7-5-11-6-8-13(15)17-11/h1-8H. The van der Waals surface area contributed by atoms with Crippen LogP contribution in [-0.4, -0.2) is 5.78 Å². The third kappa shape index (κ3) is 3.41. The number of furan rings is 1. The van der Waals surface area contributed by atoms with Crippen LogP contribution in [-0.2, 0) is 0 Å². The number of hydrogen-bond donors (Lipinski definition) is 0. The molecule has 0 spiro atoms. The maximum atomic E-state index is 11.8. The summed E-state index contributed by atoms with van der Waals surface area (Å²) < 4.78 is 6.86. The van der Waals surface area contributed by atoms with Crippen LogP contribution in [0.1, 0.15) is 16.1 Å². The molecule has 0 saturated heterocycles. The molecule has 0 atom stereocenters. The van der Waals surface area contributed by atoms with Gasteiger partial charge in [-0.1, -0.05) is 15.9 Å². The molecule has 0 unspecified atom stereocenters. The van der Waals surface area contributed by atoms with Crippen molar-refractivity contribution in [3.05, 3.63) is 62.9 Å². The second kappa shape index (κ2) is 5.47. The van der Waals surface area contributed by atoms with E-state index in [2.05, 4.69) is 31.9 Å². The molecule has 0 bridgehead atoms. The van der Waals surface area contributed by atoms with Crippen LogP contribution in [0.2, 0.25) is 0 Å². The first-order valence-electron chi connectivity index (χ1n) is 4.88. The molecule has 17 heavy (non-hydrogen) atoms. The lowest BCUT2D eigenvalue weighted by atomic mass is 10.1. The van der Waals surface area contributed by atoms with Gasteiger partial charge in [-0.3, -0.25) is 4.79 Å². The van der Waals surface area contributed by atoms with E-state index in [0.717, 1.165) is 4.47 Å². The smallest absolute Gasteiger partial charge is 0.185 e. The highest BCUT2D eigenvalue weighted by atomic mass is 79.9. The topological polar surface area (TPSA) is 30.2 Å². The van der Waals surface area contributed by atoms with Crippen molar-refractivity contribution in [2.45, 2.75) is 0 Å². The fourth-order valence-corrected chi connectivity index (χ4v) is 1.87. The molecule has 1 aromatic heterocycles. The van der Waals surface area contributed by atoms with Crippen molar-refractivity contribution in [1.82, 2.24) is 0 Å². The van der Waals surface area contributed by atoms with Crippen LogP contribution in [0.15, 0.2) is 56.0 Å². The summed E-state index contributed by atoms with van der Waals surface area (Å²) in [6.45, 7) is 0. The molecule has 0 saturated carbocycles. The Balaban J connectivity index is 2.11. The Morgan fingerprint density at radius 3 is 2.35 bits per heavy atom. The van der Waals surface area contributed by atoms with E-state index in [1.54, 1.807) is 30.3 Å². The van der Waals surface area contributed by atoms with Crippen molar-refractivity contribution in [1.29, 1.82) is 0 Å². The summed E-state index contributed by atoms with van der Waals surface area (Å²) in [6, 6.07) is 10.8. The van der Waals surface area contributed by atoms with Crippen LogP contribution < -0.4 is 0 Å². The van der Waals surface area contributed by atoms with Gasteiger partial charge in [-0.15, -0.1) is 0 Å². The van der Waals surface area contributed by atoms with Gasteiger partial charge in [-0.2, -0.15) is 0 Å². The minimum absolute atomic E-state index is 0.0509. The molecule has 0 amide bonds. The third-order valence-electron chi connectivity index (χ3n) is 2.12. The van der Waals surface area contributed by atoms with Gasteiger partial charge < -0.3 is 4.42 Å². The first-order valence-corrected chi connectivity index (χ1v) is 6.47. The summed E-state index contributed by atoms with van der Waals surface area (Å²) in [4.78, 5) is 11.8. The Kier molecular flexibility index (Phi) is 3.97. The van der Waals surface area contributed by atoms with Gasteiger partial charge in [0.1, 0.15) is 5.76 Å². The zero-order chi connectivity index (χ0) is 12.3. The van der Waals surface area contributed by atoms with Gasteiger partial charge in [0.2, 0.25) is 0 Å². The van der Waals surface area contributed by atoms with Crippen LogP contribution in [0.3, 0.4) is 0 Å². The fraction of sp³-hybridized carbons (Fsp3) is 0. The van der Waals surface area contributed by atoms with Crippen molar-refractivity contribution in [3.63, 3.8) is 0 Å². The van der Waals surface area contributed by atoms with Crippen molar-refractivity contribution in [2.24, 2.45) is 0 Å². The number of carbonyl (C=O) groups is 1. The number of hydrogen-bond acceptors (Lipinski definition) is 2. The quantitative estimate of drug-likeness (QED) is 0.590. The molecule has 0 aliphatic rings. The predicted octanol–water partition coefficient (Wildman–Crippen LogP) is 4.70. The molecule has 0 radical (unpaired) electrons. The number of ketones is 1. The lowest BCUT2D eigenvalue weighted by Gasteiger charge is -1.95. The van der Waals surface area contributed by atoms with Crippen molar-refractivity contribution in [2.75, 3.05) is 0 Å². The molecule has 86 valence electrons. The Labute approximate surface area is 116 Å². The Morgan fingerprint density at radius 2 is 1.76 bits per heavy atom. The highest BCUT2D eigenvalue weighted by Crippen LogP contribution is 2.16. The Hall–Kier alpha value is -1.13. The minimum Gasteiger partial charge on any atom is -0.450 e. The second-order valence-corrected chi connectivity index (χ2v) is 5.04. The highest BCUT2D eigenvalue weighted by molar-refractivity contribution is 9.10. The van der Waals surface area contributed by atoms with E-state index < -0.39 is 0 Å². The van der Waals surface area contributed by atoms with Gasteiger partial charge in [-0.05, 0) is 64.5 Å². The zero-order valence-electron chi connectivity index (χ0n) is 8.69. The lowest BCUT2D eigenvalue weighted by molar-refractivity contribution is 0.104. The SMILES string of the molecule is O=C(C=Cc1ccc(Br)o1)c1ccc(Br)cc1. The molecule has 0 aliphatic carbocycles. The van der Waals surface area contributed by atoms with Gasteiger partial charge in [0.05, 0.1) is 0 Å². The van der Waals surface area contributed by atoms with Crippen LogP contribution in [0.25, 0.3) is 6.08 Å². The second-order valence-electron chi connectivity index (χ2n) is 3.35. The molecular formula is C13H8Br2O2. The zero-order valence-corrected chi connectivity index (χ0v) is 11.9. The maximum Gasteiger partial charge on any atom is 0.185 e. The van der Waals surface area contributed by atoms with Gasteiger partial charge in [0.15, 0.2) is 10.5 Å².